The molecule has 5 rings (SSSR count). The molecule has 0 amide bonds. The van der Waals surface area contributed by atoms with Gasteiger partial charge >= 0.3 is 0 Å². The van der Waals surface area contributed by atoms with Crippen LogP contribution in [0.1, 0.15) is 43.7 Å². The number of fused-ring (bicyclic) bond motifs is 3. The number of ketones is 1. The Morgan fingerprint density at radius 1 is 1.03 bits per heavy atom. The molecule has 0 saturated heterocycles. The first kappa shape index (κ1) is 17.9. The van der Waals surface area contributed by atoms with Crippen molar-refractivity contribution >= 4 is 16.7 Å². The summed E-state index contributed by atoms with van der Waals surface area (Å²) in [6, 6.07) is 13.5. The van der Waals surface area contributed by atoms with Crippen LogP contribution in [0, 0.1) is 11.2 Å². The van der Waals surface area contributed by atoms with Crippen molar-refractivity contribution in [2.45, 2.75) is 32.6 Å². The highest BCUT2D eigenvalue weighted by Crippen LogP contribution is 2.50. The van der Waals surface area contributed by atoms with E-state index in [2.05, 4.69) is 4.98 Å². The molecule has 29 heavy (non-hydrogen) atoms. The molecule has 0 bridgehead atoms. The lowest BCUT2D eigenvalue weighted by atomic mass is 9.70. The SMILES string of the molecule is CC1(C)CC(=O)C2=C(C1)Oc1c(c(=O)[nH]c3ccccc13)[C@H]2c1ccc(F)cc1. The number of carbonyl (C=O) groups excluding carboxylic acids is 1. The first-order valence-corrected chi connectivity index (χ1v) is 9.68. The first-order chi connectivity index (χ1) is 13.8. The second-order valence-corrected chi connectivity index (χ2v) is 8.61. The van der Waals surface area contributed by atoms with Gasteiger partial charge in [-0.05, 0) is 35.2 Å². The summed E-state index contributed by atoms with van der Waals surface area (Å²) in [6.45, 7) is 4.08. The fourth-order valence-electron chi connectivity index (χ4n) is 4.55. The van der Waals surface area contributed by atoms with E-state index in [1.807, 2.05) is 38.1 Å². The van der Waals surface area contributed by atoms with Crippen LogP contribution in [0.25, 0.3) is 10.9 Å². The molecule has 0 saturated carbocycles. The zero-order valence-corrected chi connectivity index (χ0v) is 16.2. The summed E-state index contributed by atoms with van der Waals surface area (Å²) in [6.07, 6.45) is 0.986. The molecule has 1 aliphatic heterocycles. The maximum absolute atomic E-state index is 13.6. The molecule has 1 atom stereocenters. The Morgan fingerprint density at radius 3 is 2.52 bits per heavy atom. The van der Waals surface area contributed by atoms with E-state index in [1.165, 1.54) is 12.1 Å². The Labute approximate surface area is 167 Å². The van der Waals surface area contributed by atoms with Gasteiger partial charge in [0.15, 0.2) is 5.78 Å². The number of ether oxygens (including phenoxy) is 1. The Bertz CT molecular complexity index is 1250. The van der Waals surface area contributed by atoms with Crippen molar-refractivity contribution in [1.29, 1.82) is 0 Å². The highest BCUT2D eigenvalue weighted by Gasteiger charge is 2.43. The van der Waals surface area contributed by atoms with Gasteiger partial charge in [-0.3, -0.25) is 9.59 Å². The molecule has 1 aromatic heterocycles. The van der Waals surface area contributed by atoms with Crippen LogP contribution in [0.2, 0.25) is 0 Å². The number of Topliss-reactive ketones (excluding diaryl/α,β-unsaturated/α-hetero) is 1. The molecule has 2 aliphatic rings. The average Bonchev–Trinajstić information content (AvgIpc) is 2.66. The average molecular weight is 389 g/mol. The molecule has 3 aromatic rings. The van der Waals surface area contributed by atoms with E-state index in [-0.39, 0.29) is 22.6 Å². The van der Waals surface area contributed by atoms with Crippen molar-refractivity contribution in [3.8, 4) is 5.75 Å². The Kier molecular flexibility index (Phi) is 3.78. The van der Waals surface area contributed by atoms with E-state index in [4.69, 9.17) is 4.74 Å². The van der Waals surface area contributed by atoms with E-state index in [9.17, 15) is 14.0 Å². The maximum Gasteiger partial charge on any atom is 0.256 e. The fraction of sp³-hybridized carbons (Fsp3) is 0.250. The van der Waals surface area contributed by atoms with Gasteiger partial charge in [0.25, 0.3) is 5.56 Å². The Balaban J connectivity index is 1.84. The molecular weight excluding hydrogens is 369 g/mol. The molecule has 2 aromatic carbocycles. The third kappa shape index (κ3) is 2.80. The number of pyridine rings is 1. The number of para-hydroxylation sites is 1. The third-order valence-corrected chi connectivity index (χ3v) is 5.79. The maximum atomic E-state index is 13.6. The molecule has 5 heteroatoms. The quantitative estimate of drug-likeness (QED) is 0.648. The van der Waals surface area contributed by atoms with E-state index >= 15 is 0 Å². The van der Waals surface area contributed by atoms with Crippen LogP contribution in [0.3, 0.4) is 0 Å². The number of aromatic nitrogens is 1. The molecule has 146 valence electrons. The summed E-state index contributed by atoms with van der Waals surface area (Å²) in [5.41, 5.74) is 1.79. The number of aromatic amines is 1. The zero-order valence-electron chi connectivity index (χ0n) is 16.2. The van der Waals surface area contributed by atoms with Gasteiger partial charge in [-0.1, -0.05) is 38.1 Å². The first-order valence-electron chi connectivity index (χ1n) is 9.68. The van der Waals surface area contributed by atoms with Gasteiger partial charge in [0, 0.05) is 23.8 Å². The van der Waals surface area contributed by atoms with Crippen LogP contribution < -0.4 is 10.3 Å². The lowest BCUT2D eigenvalue weighted by Gasteiger charge is -2.38. The van der Waals surface area contributed by atoms with Crippen molar-refractivity contribution in [1.82, 2.24) is 4.98 Å². The predicted octanol–water partition coefficient (Wildman–Crippen LogP) is 4.83. The van der Waals surface area contributed by atoms with Gasteiger partial charge in [0.1, 0.15) is 17.3 Å². The molecule has 1 N–H and O–H groups in total. The summed E-state index contributed by atoms with van der Waals surface area (Å²) in [5.74, 6) is 0.139. The van der Waals surface area contributed by atoms with Gasteiger partial charge in [0.2, 0.25) is 0 Å². The number of benzene rings is 2. The summed E-state index contributed by atoms with van der Waals surface area (Å²) >= 11 is 0. The van der Waals surface area contributed by atoms with Gasteiger partial charge in [-0.15, -0.1) is 0 Å². The van der Waals surface area contributed by atoms with Crippen molar-refractivity contribution in [2.24, 2.45) is 5.41 Å². The predicted molar refractivity (Wildman–Crippen MR) is 108 cm³/mol. The van der Waals surface area contributed by atoms with E-state index in [0.717, 1.165) is 5.39 Å². The summed E-state index contributed by atoms with van der Waals surface area (Å²) in [7, 11) is 0. The van der Waals surface area contributed by atoms with Gasteiger partial charge in [-0.25, -0.2) is 4.39 Å². The number of hydrogen-bond donors (Lipinski definition) is 1. The fourth-order valence-corrected chi connectivity index (χ4v) is 4.55. The second-order valence-electron chi connectivity index (χ2n) is 8.61. The molecule has 4 nitrogen and oxygen atoms in total. The largest absolute Gasteiger partial charge is 0.460 e. The number of H-pyrrole nitrogens is 1. The topological polar surface area (TPSA) is 59.2 Å². The molecule has 0 radical (unpaired) electrons. The smallest absolute Gasteiger partial charge is 0.256 e. The number of rotatable bonds is 1. The van der Waals surface area contributed by atoms with Crippen molar-refractivity contribution in [3.63, 3.8) is 0 Å². The second kappa shape index (κ2) is 6.14. The van der Waals surface area contributed by atoms with Crippen LogP contribution in [0.15, 0.2) is 64.7 Å². The van der Waals surface area contributed by atoms with Crippen LogP contribution in [0.5, 0.6) is 5.75 Å². The van der Waals surface area contributed by atoms with Crippen LogP contribution >= 0.6 is 0 Å². The molecule has 1 aliphatic carbocycles. The van der Waals surface area contributed by atoms with E-state index in [1.54, 1.807) is 12.1 Å². The monoisotopic (exact) mass is 389 g/mol. The minimum atomic E-state index is -0.577. The normalized spacial score (nSPS) is 20.2. The zero-order chi connectivity index (χ0) is 20.3. The van der Waals surface area contributed by atoms with Crippen molar-refractivity contribution in [2.75, 3.05) is 0 Å². The number of carbonyl (C=O) groups is 1. The minimum absolute atomic E-state index is 0.0243. The molecule has 0 unspecified atom stereocenters. The number of halogens is 1. The van der Waals surface area contributed by atoms with Crippen LogP contribution in [-0.4, -0.2) is 10.8 Å². The lowest BCUT2D eigenvalue weighted by Crippen LogP contribution is -2.35. The Hall–Kier alpha value is -3.21. The number of nitrogens with one attached hydrogen (secondary N) is 1. The number of allylic oxidation sites excluding steroid dienone is 2. The molecular formula is C24H20FNO3. The summed E-state index contributed by atoms with van der Waals surface area (Å²) in [5, 5.41) is 0.789. The standard InChI is InChI=1S/C24H20FNO3/c1-24(2)11-17(27)20-18(12-24)29-22-15-5-3-4-6-16(15)26-23(28)21(22)19(20)13-7-9-14(25)10-8-13/h3-10,19H,11-12H2,1-2H3,(H,26,28)/t19-/m0/s1. The van der Waals surface area contributed by atoms with Gasteiger partial charge < -0.3 is 9.72 Å². The van der Waals surface area contributed by atoms with E-state index in [0.29, 0.717) is 46.6 Å². The van der Waals surface area contributed by atoms with Crippen molar-refractivity contribution in [3.05, 3.63) is 87.2 Å². The van der Waals surface area contributed by atoms with Gasteiger partial charge in [0.05, 0.1) is 17.0 Å². The lowest BCUT2D eigenvalue weighted by molar-refractivity contribution is -0.118. The molecule has 0 spiro atoms. The van der Waals surface area contributed by atoms with Crippen molar-refractivity contribution < 1.29 is 13.9 Å². The molecule has 2 heterocycles. The van der Waals surface area contributed by atoms with Crippen LogP contribution in [0.4, 0.5) is 4.39 Å². The summed E-state index contributed by atoms with van der Waals surface area (Å²) in [4.78, 5) is 29.2. The van der Waals surface area contributed by atoms with E-state index < -0.39 is 5.92 Å². The summed E-state index contributed by atoms with van der Waals surface area (Å²) < 4.78 is 19.9. The minimum Gasteiger partial charge on any atom is -0.460 e. The number of hydrogen-bond acceptors (Lipinski definition) is 3. The highest BCUT2D eigenvalue weighted by atomic mass is 19.1. The third-order valence-electron chi connectivity index (χ3n) is 5.79. The van der Waals surface area contributed by atoms with Gasteiger partial charge in [-0.2, -0.15) is 0 Å². The van der Waals surface area contributed by atoms with Crippen LogP contribution in [-0.2, 0) is 4.79 Å². The molecule has 0 fully saturated rings. The highest BCUT2D eigenvalue weighted by molar-refractivity contribution is 6.01. The Morgan fingerprint density at radius 2 is 1.76 bits per heavy atom.